The first-order chi connectivity index (χ1) is 10.6. The summed E-state index contributed by atoms with van der Waals surface area (Å²) < 4.78 is 12.8. The van der Waals surface area contributed by atoms with E-state index in [2.05, 4.69) is 5.32 Å². The van der Waals surface area contributed by atoms with E-state index in [0.29, 0.717) is 13.0 Å². The van der Waals surface area contributed by atoms with Crippen molar-refractivity contribution in [2.24, 2.45) is 0 Å². The Morgan fingerprint density at radius 3 is 2.59 bits per heavy atom. The lowest BCUT2D eigenvalue weighted by Gasteiger charge is -2.23. The first-order valence-corrected chi connectivity index (χ1v) is 7.38. The van der Waals surface area contributed by atoms with Gasteiger partial charge in [0, 0.05) is 19.4 Å². The molecule has 0 unspecified atom stereocenters. The highest BCUT2D eigenvalue weighted by molar-refractivity contribution is 6.38. The lowest BCUT2D eigenvalue weighted by Crippen LogP contribution is -2.46. The molecule has 2 fully saturated rings. The van der Waals surface area contributed by atoms with Crippen molar-refractivity contribution in [3.8, 4) is 0 Å². The van der Waals surface area contributed by atoms with E-state index in [-0.39, 0.29) is 18.7 Å². The lowest BCUT2D eigenvalue weighted by molar-refractivity contribution is -0.143. The number of Topliss-reactive ketones (excluding diaryl/α,β-unsaturated/α-hetero) is 1. The number of alkyl halides is 1. The fourth-order valence-corrected chi connectivity index (χ4v) is 2.69. The summed E-state index contributed by atoms with van der Waals surface area (Å²) in [4.78, 5) is 37.5. The van der Waals surface area contributed by atoms with Gasteiger partial charge in [-0.25, -0.2) is 4.39 Å². The van der Waals surface area contributed by atoms with Gasteiger partial charge in [-0.3, -0.25) is 14.4 Å². The molecule has 0 bridgehead atoms. The van der Waals surface area contributed by atoms with Gasteiger partial charge in [0.2, 0.25) is 11.7 Å². The molecule has 2 amide bonds. The first-order valence-electron chi connectivity index (χ1n) is 7.38. The van der Waals surface area contributed by atoms with Crippen LogP contribution in [-0.2, 0) is 20.9 Å². The fraction of sp³-hybridized carbons (Fsp3) is 0.438. The number of halogens is 1. The van der Waals surface area contributed by atoms with Gasteiger partial charge in [-0.2, -0.15) is 0 Å². The molecule has 5 nitrogen and oxygen atoms in total. The number of hydrogen-bond donors (Lipinski definition) is 1. The monoisotopic (exact) mass is 304 g/mol. The molecule has 6 heteroatoms. The predicted octanol–water partition coefficient (Wildman–Crippen LogP) is 0.973. The van der Waals surface area contributed by atoms with Gasteiger partial charge in [0.15, 0.2) is 0 Å². The summed E-state index contributed by atoms with van der Waals surface area (Å²) in [6.45, 7) is 0.304. The van der Waals surface area contributed by atoms with Crippen LogP contribution in [0.1, 0.15) is 24.8 Å². The van der Waals surface area contributed by atoms with E-state index in [4.69, 9.17) is 0 Å². The molecule has 1 aromatic rings. The first kappa shape index (κ1) is 14.7. The minimum atomic E-state index is -1.05. The van der Waals surface area contributed by atoms with Gasteiger partial charge in [0.1, 0.15) is 12.2 Å². The van der Waals surface area contributed by atoms with E-state index >= 15 is 0 Å². The smallest absolute Gasteiger partial charge is 0.289 e. The second-order valence-electron chi connectivity index (χ2n) is 5.76. The molecule has 3 atom stereocenters. The van der Waals surface area contributed by atoms with Crippen molar-refractivity contribution in [1.82, 2.24) is 10.2 Å². The van der Waals surface area contributed by atoms with E-state index in [1.54, 1.807) is 0 Å². The minimum absolute atomic E-state index is 0.134. The summed E-state index contributed by atoms with van der Waals surface area (Å²) in [6, 6.07) is 8.02. The molecule has 0 radical (unpaired) electrons. The van der Waals surface area contributed by atoms with Crippen molar-refractivity contribution >= 4 is 17.6 Å². The Labute approximate surface area is 127 Å². The van der Waals surface area contributed by atoms with E-state index < -0.39 is 29.9 Å². The van der Waals surface area contributed by atoms with Crippen LogP contribution in [0.15, 0.2) is 30.3 Å². The van der Waals surface area contributed by atoms with Crippen LogP contribution in [0.25, 0.3) is 0 Å². The lowest BCUT2D eigenvalue weighted by atomic mass is 10.1. The van der Waals surface area contributed by atoms with Crippen molar-refractivity contribution in [3.05, 3.63) is 35.9 Å². The highest BCUT2D eigenvalue weighted by Crippen LogP contribution is 2.26. The maximum atomic E-state index is 12.8. The zero-order valence-corrected chi connectivity index (χ0v) is 12.0. The zero-order chi connectivity index (χ0) is 15.7. The summed E-state index contributed by atoms with van der Waals surface area (Å²) in [5.74, 6) is -1.58. The van der Waals surface area contributed by atoms with Crippen molar-refractivity contribution < 1.29 is 18.8 Å². The van der Waals surface area contributed by atoms with Gasteiger partial charge >= 0.3 is 0 Å². The second kappa shape index (κ2) is 5.87. The Kier molecular flexibility index (Phi) is 3.92. The summed E-state index contributed by atoms with van der Waals surface area (Å²) in [5.41, 5.74) is 0.905. The van der Waals surface area contributed by atoms with Crippen molar-refractivity contribution in [3.63, 3.8) is 0 Å². The number of benzene rings is 1. The standard InChI is InChI=1S/C16H17FN2O3/c17-11-8-12(11)18-16(22)15(21)13-6-7-14(20)19(13)9-10-4-2-1-3-5-10/h1-5,11-13H,6-9H2,(H,18,22)/t11-,12+,13+/m0/s1. The minimum Gasteiger partial charge on any atom is -0.344 e. The quantitative estimate of drug-likeness (QED) is 0.824. The molecule has 1 aromatic carbocycles. The summed E-state index contributed by atoms with van der Waals surface area (Å²) in [5, 5.41) is 2.38. The normalized spacial score (nSPS) is 26.9. The molecule has 1 heterocycles. The molecule has 1 N–H and O–H groups in total. The van der Waals surface area contributed by atoms with Crippen LogP contribution in [0.2, 0.25) is 0 Å². The summed E-state index contributed by atoms with van der Waals surface area (Å²) in [6.07, 6.45) is -0.202. The maximum Gasteiger partial charge on any atom is 0.289 e. The summed E-state index contributed by atoms with van der Waals surface area (Å²) in [7, 11) is 0. The number of nitrogens with zero attached hydrogens (tertiary/aromatic N) is 1. The van der Waals surface area contributed by atoms with E-state index in [9.17, 15) is 18.8 Å². The van der Waals surface area contributed by atoms with Gasteiger partial charge < -0.3 is 10.2 Å². The van der Waals surface area contributed by atoms with Gasteiger partial charge in [0.25, 0.3) is 5.91 Å². The molecule has 1 aliphatic heterocycles. The van der Waals surface area contributed by atoms with E-state index in [1.165, 1.54) is 4.90 Å². The van der Waals surface area contributed by atoms with Gasteiger partial charge in [-0.05, 0) is 12.0 Å². The molecule has 3 rings (SSSR count). The number of carbonyl (C=O) groups is 3. The number of amides is 2. The van der Waals surface area contributed by atoms with Gasteiger partial charge in [-0.15, -0.1) is 0 Å². The topological polar surface area (TPSA) is 66.5 Å². The number of hydrogen-bond acceptors (Lipinski definition) is 3. The zero-order valence-electron chi connectivity index (χ0n) is 12.0. The van der Waals surface area contributed by atoms with Crippen LogP contribution in [0, 0.1) is 0 Å². The predicted molar refractivity (Wildman–Crippen MR) is 76.5 cm³/mol. The molecule has 116 valence electrons. The molecule has 0 aromatic heterocycles. The molecule has 22 heavy (non-hydrogen) atoms. The molecule has 1 saturated carbocycles. The van der Waals surface area contributed by atoms with Crippen molar-refractivity contribution in [2.75, 3.05) is 0 Å². The third-order valence-corrected chi connectivity index (χ3v) is 4.08. The maximum absolute atomic E-state index is 12.8. The number of ketones is 1. The van der Waals surface area contributed by atoms with E-state index in [0.717, 1.165) is 5.56 Å². The van der Waals surface area contributed by atoms with Gasteiger partial charge in [0.05, 0.1) is 6.04 Å². The number of nitrogens with one attached hydrogen (secondary N) is 1. The van der Waals surface area contributed by atoms with Crippen LogP contribution in [0.5, 0.6) is 0 Å². The largest absolute Gasteiger partial charge is 0.344 e. The van der Waals surface area contributed by atoms with Crippen molar-refractivity contribution in [1.29, 1.82) is 0 Å². The van der Waals surface area contributed by atoms with Crippen LogP contribution in [-0.4, -0.2) is 40.8 Å². The highest BCUT2D eigenvalue weighted by atomic mass is 19.1. The number of rotatable bonds is 5. The number of likely N-dealkylation sites (tertiary alicyclic amines) is 1. The Hall–Kier alpha value is -2.24. The molecule has 0 spiro atoms. The second-order valence-corrected chi connectivity index (χ2v) is 5.76. The van der Waals surface area contributed by atoms with Gasteiger partial charge in [-0.1, -0.05) is 30.3 Å². The SMILES string of the molecule is O=C(N[C@@H]1C[C@@H]1F)C(=O)[C@H]1CCC(=O)N1Cc1ccccc1. The molecular formula is C16H17FN2O3. The fourth-order valence-electron chi connectivity index (χ4n) is 2.69. The Morgan fingerprint density at radius 1 is 1.27 bits per heavy atom. The highest BCUT2D eigenvalue weighted by Gasteiger charge is 2.43. The third-order valence-electron chi connectivity index (χ3n) is 4.08. The van der Waals surface area contributed by atoms with Crippen LogP contribution in [0.4, 0.5) is 4.39 Å². The van der Waals surface area contributed by atoms with E-state index in [1.807, 2.05) is 30.3 Å². The Morgan fingerprint density at radius 2 is 1.95 bits per heavy atom. The average Bonchev–Trinajstić information content (AvgIpc) is 3.09. The Bertz CT molecular complexity index is 605. The molecule has 2 aliphatic rings. The van der Waals surface area contributed by atoms with Crippen molar-refractivity contribution in [2.45, 2.75) is 44.1 Å². The average molecular weight is 304 g/mol. The van der Waals surface area contributed by atoms with Crippen LogP contribution in [0.3, 0.4) is 0 Å². The van der Waals surface area contributed by atoms with Crippen LogP contribution >= 0.6 is 0 Å². The summed E-state index contributed by atoms with van der Waals surface area (Å²) >= 11 is 0. The molecule has 1 saturated heterocycles. The number of carbonyl (C=O) groups excluding carboxylic acids is 3. The van der Waals surface area contributed by atoms with Crippen LogP contribution < -0.4 is 5.32 Å². The third kappa shape index (κ3) is 3.00. The molecule has 1 aliphatic carbocycles. The Balaban J connectivity index is 1.67. The molecular weight excluding hydrogens is 287 g/mol.